The molecule has 0 amide bonds. The highest BCUT2D eigenvalue weighted by Gasteiger charge is 2.24. The van der Waals surface area contributed by atoms with Crippen molar-refractivity contribution in [1.82, 2.24) is 14.2 Å². The van der Waals surface area contributed by atoms with E-state index in [1.807, 2.05) is 13.0 Å². The summed E-state index contributed by atoms with van der Waals surface area (Å²) in [7, 11) is 0. The van der Waals surface area contributed by atoms with Crippen LogP contribution in [-0.4, -0.2) is 14.2 Å². The van der Waals surface area contributed by atoms with Gasteiger partial charge in [-0.3, -0.25) is 0 Å². The van der Waals surface area contributed by atoms with E-state index in [-0.39, 0.29) is 0 Å². The van der Waals surface area contributed by atoms with Crippen molar-refractivity contribution < 1.29 is 4.42 Å². The van der Waals surface area contributed by atoms with E-state index in [1.54, 1.807) is 6.26 Å². The van der Waals surface area contributed by atoms with Crippen LogP contribution in [0.4, 0.5) is 0 Å². The molecule has 0 unspecified atom stereocenters. The Morgan fingerprint density at radius 3 is 2.68 bits per heavy atom. The Hall–Kier alpha value is -2.27. The highest BCUT2D eigenvalue weighted by atomic mass is 79.9. The summed E-state index contributed by atoms with van der Waals surface area (Å²) >= 11 is 3.52. The molecule has 0 saturated heterocycles. The third kappa shape index (κ3) is 2.29. The molecule has 5 rings (SSSR count). The predicted molar refractivity (Wildman–Crippen MR) is 102 cm³/mol. The minimum atomic E-state index is 0.920. The number of aryl methyl sites for hydroxylation is 3. The third-order valence-electron chi connectivity index (χ3n) is 5.09. The smallest absolute Gasteiger partial charge is 0.165 e. The number of furan rings is 1. The quantitative estimate of drug-likeness (QED) is 0.450. The van der Waals surface area contributed by atoms with E-state index >= 15 is 0 Å². The first-order chi connectivity index (χ1) is 12.2. The van der Waals surface area contributed by atoms with Gasteiger partial charge in [0.25, 0.3) is 0 Å². The van der Waals surface area contributed by atoms with Crippen molar-refractivity contribution in [2.24, 2.45) is 0 Å². The molecular weight excluding hydrogens is 378 g/mol. The van der Waals surface area contributed by atoms with Crippen LogP contribution in [0.3, 0.4) is 0 Å². The highest BCUT2D eigenvalue weighted by molar-refractivity contribution is 9.10. The standard InChI is InChI=1S/C20H18BrN3O/c1-13-16(9-11-25-13)19-22-24-12-18(14-5-7-15(21)8-6-14)17-4-2-3-10-23(19)20(17)24/h5-9,11-12H,2-4,10H2,1H3. The van der Waals surface area contributed by atoms with Crippen LogP contribution < -0.4 is 0 Å². The van der Waals surface area contributed by atoms with Crippen LogP contribution in [0.2, 0.25) is 0 Å². The van der Waals surface area contributed by atoms with E-state index in [2.05, 4.69) is 55.5 Å². The summed E-state index contributed by atoms with van der Waals surface area (Å²) in [5.41, 5.74) is 6.26. The van der Waals surface area contributed by atoms with Gasteiger partial charge in [-0.05, 0) is 49.9 Å². The second-order valence-electron chi connectivity index (χ2n) is 6.62. The second kappa shape index (κ2) is 5.63. The van der Waals surface area contributed by atoms with E-state index in [0.717, 1.165) is 34.6 Å². The van der Waals surface area contributed by atoms with Gasteiger partial charge in [0.2, 0.25) is 0 Å². The lowest BCUT2D eigenvalue weighted by Gasteiger charge is -2.06. The van der Waals surface area contributed by atoms with Crippen molar-refractivity contribution in [3.8, 4) is 22.5 Å². The van der Waals surface area contributed by atoms with Crippen molar-refractivity contribution in [2.45, 2.75) is 32.7 Å². The summed E-state index contributed by atoms with van der Waals surface area (Å²) in [6.45, 7) is 3.00. The molecule has 1 aliphatic rings. The molecule has 4 heterocycles. The van der Waals surface area contributed by atoms with Gasteiger partial charge in [0.05, 0.1) is 11.8 Å². The first-order valence-corrected chi connectivity index (χ1v) is 9.43. The van der Waals surface area contributed by atoms with E-state index in [9.17, 15) is 0 Å². The van der Waals surface area contributed by atoms with Crippen LogP contribution in [0.5, 0.6) is 0 Å². The van der Waals surface area contributed by atoms with Crippen LogP contribution in [0.25, 0.3) is 28.2 Å². The molecule has 5 heteroatoms. The van der Waals surface area contributed by atoms with Crippen molar-refractivity contribution in [3.05, 3.63) is 58.6 Å². The van der Waals surface area contributed by atoms with Crippen LogP contribution in [0, 0.1) is 6.92 Å². The average molecular weight is 396 g/mol. The molecule has 4 aromatic rings. The van der Waals surface area contributed by atoms with Crippen molar-refractivity contribution in [3.63, 3.8) is 0 Å². The maximum absolute atomic E-state index is 5.51. The maximum atomic E-state index is 5.51. The molecule has 25 heavy (non-hydrogen) atoms. The zero-order chi connectivity index (χ0) is 17.0. The van der Waals surface area contributed by atoms with Gasteiger partial charge >= 0.3 is 0 Å². The Bertz CT molecular complexity index is 1070. The number of halogens is 1. The summed E-state index contributed by atoms with van der Waals surface area (Å²) in [4.78, 5) is 0. The first-order valence-electron chi connectivity index (χ1n) is 8.63. The largest absolute Gasteiger partial charge is 0.469 e. The third-order valence-corrected chi connectivity index (χ3v) is 5.62. The monoisotopic (exact) mass is 395 g/mol. The summed E-state index contributed by atoms with van der Waals surface area (Å²) in [6.07, 6.45) is 7.39. The topological polar surface area (TPSA) is 35.4 Å². The fourth-order valence-corrected chi connectivity index (χ4v) is 4.13. The molecule has 0 radical (unpaired) electrons. The predicted octanol–water partition coefficient (Wildman–Crippen LogP) is 5.47. The van der Waals surface area contributed by atoms with Gasteiger partial charge in [0.1, 0.15) is 11.4 Å². The number of hydrogen-bond acceptors (Lipinski definition) is 2. The minimum Gasteiger partial charge on any atom is -0.469 e. The summed E-state index contributed by atoms with van der Waals surface area (Å²) < 4.78 is 11.0. The molecule has 0 saturated carbocycles. The van der Waals surface area contributed by atoms with E-state index in [0.29, 0.717) is 0 Å². The van der Waals surface area contributed by atoms with E-state index in [4.69, 9.17) is 9.52 Å². The molecule has 0 bridgehead atoms. The second-order valence-corrected chi connectivity index (χ2v) is 7.53. The van der Waals surface area contributed by atoms with Crippen molar-refractivity contribution in [1.29, 1.82) is 0 Å². The number of hydrogen-bond donors (Lipinski definition) is 0. The van der Waals surface area contributed by atoms with E-state index in [1.165, 1.54) is 35.2 Å². The fourth-order valence-electron chi connectivity index (χ4n) is 3.86. The molecule has 1 aromatic carbocycles. The SMILES string of the molecule is Cc1occc1-c1nn2cc(-c3ccc(Br)cc3)c3c2n1CCCC3. The Morgan fingerprint density at radius 1 is 1.08 bits per heavy atom. The summed E-state index contributed by atoms with van der Waals surface area (Å²) in [6, 6.07) is 10.6. The maximum Gasteiger partial charge on any atom is 0.165 e. The first kappa shape index (κ1) is 15.0. The van der Waals surface area contributed by atoms with Gasteiger partial charge in [0, 0.05) is 28.3 Å². The Morgan fingerprint density at radius 2 is 1.92 bits per heavy atom. The van der Waals surface area contributed by atoms with Gasteiger partial charge in [-0.2, -0.15) is 0 Å². The van der Waals surface area contributed by atoms with Crippen LogP contribution in [0.1, 0.15) is 24.2 Å². The Kier molecular flexibility index (Phi) is 3.38. The minimum absolute atomic E-state index is 0.920. The molecule has 1 aliphatic heterocycles. The Labute approximate surface area is 154 Å². The number of rotatable bonds is 2. The van der Waals surface area contributed by atoms with Gasteiger partial charge in [-0.15, -0.1) is 5.10 Å². The number of aromatic nitrogens is 3. The molecule has 126 valence electrons. The van der Waals surface area contributed by atoms with Gasteiger partial charge in [-0.25, -0.2) is 4.52 Å². The molecule has 0 spiro atoms. The molecular formula is C20H18BrN3O. The molecule has 0 aliphatic carbocycles. The molecule has 3 aromatic heterocycles. The van der Waals surface area contributed by atoms with Gasteiger partial charge in [0.15, 0.2) is 5.82 Å². The van der Waals surface area contributed by atoms with E-state index < -0.39 is 0 Å². The van der Waals surface area contributed by atoms with Crippen LogP contribution in [0.15, 0.2) is 51.7 Å². The summed E-state index contributed by atoms with van der Waals surface area (Å²) in [5, 5.41) is 4.90. The zero-order valence-corrected chi connectivity index (χ0v) is 15.6. The summed E-state index contributed by atoms with van der Waals surface area (Å²) in [5.74, 6) is 1.93. The lowest BCUT2D eigenvalue weighted by atomic mass is 10.0. The highest BCUT2D eigenvalue weighted by Crippen LogP contribution is 2.35. The fraction of sp³-hybridized carbons (Fsp3) is 0.250. The number of benzene rings is 1. The molecule has 0 fully saturated rings. The van der Waals surface area contributed by atoms with Crippen molar-refractivity contribution in [2.75, 3.05) is 0 Å². The molecule has 4 nitrogen and oxygen atoms in total. The lowest BCUT2D eigenvalue weighted by Crippen LogP contribution is -1.99. The van der Waals surface area contributed by atoms with Crippen LogP contribution in [-0.2, 0) is 13.0 Å². The van der Waals surface area contributed by atoms with Crippen LogP contribution >= 0.6 is 15.9 Å². The normalized spacial score (nSPS) is 14.2. The van der Waals surface area contributed by atoms with Gasteiger partial charge < -0.3 is 8.98 Å². The zero-order valence-electron chi connectivity index (χ0n) is 14.0. The number of nitrogens with zero attached hydrogens (tertiary/aromatic N) is 3. The average Bonchev–Trinajstić information content (AvgIpc) is 3.22. The lowest BCUT2D eigenvalue weighted by molar-refractivity contribution is 0.534. The molecule has 0 N–H and O–H groups in total. The molecule has 0 atom stereocenters. The van der Waals surface area contributed by atoms with Crippen molar-refractivity contribution >= 4 is 21.6 Å². The van der Waals surface area contributed by atoms with Gasteiger partial charge in [-0.1, -0.05) is 28.1 Å². The Balaban J connectivity index is 1.76.